The molecule has 1 aliphatic heterocycles. The summed E-state index contributed by atoms with van der Waals surface area (Å²) in [7, 11) is -4.10. The summed E-state index contributed by atoms with van der Waals surface area (Å²) >= 11 is 0. The van der Waals surface area contributed by atoms with Gasteiger partial charge in [0.05, 0.1) is 11.7 Å². The molecule has 1 aliphatic rings. The van der Waals surface area contributed by atoms with E-state index in [4.69, 9.17) is 5.73 Å². The summed E-state index contributed by atoms with van der Waals surface area (Å²) in [5.41, 5.74) is 5.93. The number of fused-ring (bicyclic) bond motifs is 1. The lowest BCUT2D eigenvalue weighted by Crippen LogP contribution is -2.43. The molecule has 0 saturated carbocycles. The molecule has 1 aromatic rings. The fourth-order valence-corrected chi connectivity index (χ4v) is 3.78. The maximum atomic E-state index is 12.5. The lowest BCUT2D eigenvalue weighted by molar-refractivity contribution is -0.120. The van der Waals surface area contributed by atoms with Crippen molar-refractivity contribution in [3.63, 3.8) is 0 Å². The highest BCUT2D eigenvalue weighted by molar-refractivity contribution is 7.90. The molecule has 24 heavy (non-hydrogen) atoms. The van der Waals surface area contributed by atoms with Crippen LogP contribution in [0.15, 0.2) is 29.2 Å². The SMILES string of the molecule is NC1CCCCCCCC(=O)Nc2ccccc2S(=O)(=O)NC1=O. The number of amides is 2. The molecule has 4 N–H and O–H groups in total. The number of benzene rings is 1. The van der Waals surface area contributed by atoms with E-state index >= 15 is 0 Å². The fraction of sp³-hybridized carbons (Fsp3) is 0.500. The van der Waals surface area contributed by atoms with Gasteiger partial charge in [0.25, 0.3) is 15.9 Å². The van der Waals surface area contributed by atoms with Crippen LogP contribution in [0, 0.1) is 0 Å². The Bertz CT molecular complexity index is 703. The summed E-state index contributed by atoms with van der Waals surface area (Å²) in [6.45, 7) is 0. The Balaban J connectivity index is 2.30. The van der Waals surface area contributed by atoms with E-state index < -0.39 is 22.0 Å². The highest BCUT2D eigenvalue weighted by atomic mass is 32.2. The molecular formula is C16H23N3O4S. The van der Waals surface area contributed by atoms with Gasteiger partial charge in [-0.15, -0.1) is 0 Å². The molecule has 0 spiro atoms. The molecule has 1 atom stereocenters. The fourth-order valence-electron chi connectivity index (χ4n) is 2.59. The topological polar surface area (TPSA) is 118 Å². The molecule has 0 fully saturated rings. The van der Waals surface area contributed by atoms with Crippen molar-refractivity contribution in [1.82, 2.24) is 4.72 Å². The van der Waals surface area contributed by atoms with E-state index in [0.717, 1.165) is 32.1 Å². The van der Waals surface area contributed by atoms with Crippen LogP contribution in [0.5, 0.6) is 0 Å². The van der Waals surface area contributed by atoms with Crippen LogP contribution in [0.25, 0.3) is 0 Å². The molecule has 1 heterocycles. The maximum absolute atomic E-state index is 12.5. The molecule has 2 rings (SSSR count). The van der Waals surface area contributed by atoms with Crippen molar-refractivity contribution in [1.29, 1.82) is 0 Å². The number of hydrogen-bond acceptors (Lipinski definition) is 5. The normalized spacial score (nSPS) is 23.1. The third kappa shape index (κ3) is 5.04. The van der Waals surface area contributed by atoms with Gasteiger partial charge in [-0.25, -0.2) is 13.1 Å². The van der Waals surface area contributed by atoms with Gasteiger partial charge >= 0.3 is 0 Å². The van der Waals surface area contributed by atoms with E-state index in [1.54, 1.807) is 6.07 Å². The molecule has 8 heteroatoms. The highest BCUT2D eigenvalue weighted by Crippen LogP contribution is 2.21. The zero-order valence-corrected chi connectivity index (χ0v) is 14.3. The van der Waals surface area contributed by atoms with Crippen LogP contribution >= 0.6 is 0 Å². The second-order valence-corrected chi connectivity index (χ2v) is 7.58. The highest BCUT2D eigenvalue weighted by Gasteiger charge is 2.24. The van der Waals surface area contributed by atoms with Crippen molar-refractivity contribution >= 4 is 27.5 Å². The van der Waals surface area contributed by atoms with Crippen molar-refractivity contribution in [3.8, 4) is 0 Å². The predicted molar refractivity (Wildman–Crippen MR) is 90.7 cm³/mol. The molecule has 0 saturated heterocycles. The Morgan fingerprint density at radius 2 is 1.67 bits per heavy atom. The Labute approximate surface area is 142 Å². The third-order valence-electron chi connectivity index (χ3n) is 3.94. The number of carbonyl (C=O) groups is 2. The summed E-state index contributed by atoms with van der Waals surface area (Å²) in [5.74, 6) is -0.971. The van der Waals surface area contributed by atoms with Crippen LogP contribution < -0.4 is 15.8 Å². The van der Waals surface area contributed by atoms with Gasteiger partial charge < -0.3 is 11.1 Å². The number of anilines is 1. The van der Waals surface area contributed by atoms with Gasteiger partial charge in [0.2, 0.25) is 5.91 Å². The van der Waals surface area contributed by atoms with Crippen LogP contribution in [0.4, 0.5) is 5.69 Å². The third-order valence-corrected chi connectivity index (χ3v) is 5.35. The molecular weight excluding hydrogens is 330 g/mol. The zero-order chi connectivity index (χ0) is 17.6. The van der Waals surface area contributed by atoms with Gasteiger partial charge in [-0.2, -0.15) is 0 Å². The number of sulfonamides is 1. The second-order valence-electron chi connectivity index (χ2n) is 5.93. The van der Waals surface area contributed by atoms with E-state index in [9.17, 15) is 18.0 Å². The molecule has 0 aromatic heterocycles. The number of nitrogens with two attached hydrogens (primary N) is 1. The molecule has 0 bridgehead atoms. The molecule has 7 nitrogen and oxygen atoms in total. The molecule has 2 amide bonds. The van der Waals surface area contributed by atoms with E-state index in [0.29, 0.717) is 12.8 Å². The quantitative estimate of drug-likeness (QED) is 0.653. The molecule has 1 aromatic carbocycles. The lowest BCUT2D eigenvalue weighted by Gasteiger charge is -2.14. The Kier molecular flexibility index (Phi) is 6.33. The van der Waals surface area contributed by atoms with Crippen molar-refractivity contribution in [2.45, 2.75) is 55.9 Å². The minimum absolute atomic E-state index is 0.145. The van der Waals surface area contributed by atoms with Crippen molar-refractivity contribution < 1.29 is 18.0 Å². The molecule has 0 aliphatic carbocycles. The number of nitrogens with one attached hydrogen (secondary N) is 2. The monoisotopic (exact) mass is 353 g/mol. The summed E-state index contributed by atoms with van der Waals surface area (Å²) in [4.78, 5) is 23.9. The zero-order valence-electron chi connectivity index (χ0n) is 13.5. The standard InChI is InChI=1S/C16H23N3O4S/c17-12-8-4-2-1-3-5-11-15(20)18-13-9-6-7-10-14(13)24(22,23)19-16(12)21/h6-7,9-10,12H,1-5,8,11,17H2,(H,18,20)(H,19,21). The van der Waals surface area contributed by atoms with Gasteiger partial charge in [-0.3, -0.25) is 9.59 Å². The average Bonchev–Trinajstić information content (AvgIpc) is 2.53. The largest absolute Gasteiger partial charge is 0.325 e. The molecule has 1 unspecified atom stereocenters. The number of para-hydroxylation sites is 1. The van der Waals surface area contributed by atoms with Crippen LogP contribution in [0.2, 0.25) is 0 Å². The predicted octanol–water partition coefficient (Wildman–Crippen LogP) is 1.50. The second kappa shape index (κ2) is 8.25. The number of hydrogen-bond donors (Lipinski definition) is 3. The van der Waals surface area contributed by atoms with Crippen LogP contribution in [0.1, 0.15) is 44.9 Å². The molecule has 132 valence electrons. The minimum atomic E-state index is -4.10. The Morgan fingerprint density at radius 1 is 1.00 bits per heavy atom. The summed E-state index contributed by atoms with van der Waals surface area (Å²) in [6.07, 6.45) is 5.02. The van der Waals surface area contributed by atoms with Crippen LogP contribution in [-0.4, -0.2) is 26.3 Å². The van der Waals surface area contributed by atoms with Crippen molar-refractivity contribution in [2.75, 3.05) is 5.32 Å². The Hall–Kier alpha value is -1.93. The first-order chi connectivity index (χ1) is 11.4. The van der Waals surface area contributed by atoms with Crippen LogP contribution in [-0.2, 0) is 19.6 Å². The number of rotatable bonds is 0. The Morgan fingerprint density at radius 3 is 2.46 bits per heavy atom. The van der Waals surface area contributed by atoms with Crippen molar-refractivity contribution in [3.05, 3.63) is 24.3 Å². The average molecular weight is 353 g/mol. The van der Waals surface area contributed by atoms with Gasteiger partial charge in [0.1, 0.15) is 4.90 Å². The van der Waals surface area contributed by atoms with Crippen molar-refractivity contribution in [2.24, 2.45) is 5.73 Å². The van der Waals surface area contributed by atoms with Crippen LogP contribution in [0.3, 0.4) is 0 Å². The van der Waals surface area contributed by atoms with Gasteiger partial charge in [0.15, 0.2) is 0 Å². The van der Waals surface area contributed by atoms with E-state index in [2.05, 4.69) is 5.32 Å². The molecule has 0 radical (unpaired) electrons. The number of carbonyl (C=O) groups excluding carboxylic acids is 2. The summed E-state index contributed by atoms with van der Waals surface area (Å²) < 4.78 is 26.9. The van der Waals surface area contributed by atoms with Gasteiger partial charge in [-0.05, 0) is 25.0 Å². The lowest BCUT2D eigenvalue weighted by atomic mass is 10.1. The van der Waals surface area contributed by atoms with Gasteiger partial charge in [0, 0.05) is 6.42 Å². The van der Waals surface area contributed by atoms with E-state index in [1.165, 1.54) is 18.2 Å². The first-order valence-electron chi connectivity index (χ1n) is 8.11. The van der Waals surface area contributed by atoms with E-state index in [1.807, 2.05) is 4.72 Å². The van der Waals surface area contributed by atoms with Gasteiger partial charge in [-0.1, -0.05) is 37.8 Å². The summed E-state index contributed by atoms with van der Waals surface area (Å²) in [6, 6.07) is 5.12. The first-order valence-corrected chi connectivity index (χ1v) is 9.59. The summed E-state index contributed by atoms with van der Waals surface area (Å²) in [5, 5.41) is 2.61. The smallest absolute Gasteiger partial charge is 0.266 e. The first kappa shape index (κ1) is 18.4. The van der Waals surface area contributed by atoms with E-state index in [-0.39, 0.29) is 16.5 Å². The maximum Gasteiger partial charge on any atom is 0.266 e. The minimum Gasteiger partial charge on any atom is -0.325 e.